The van der Waals surface area contributed by atoms with Crippen LogP contribution < -0.4 is 21.7 Å². The molecule has 0 saturated heterocycles. The second kappa shape index (κ2) is 5.75. The number of benzene rings is 2. The van der Waals surface area contributed by atoms with E-state index in [2.05, 4.69) is 12.2 Å². The maximum atomic E-state index is 11.5. The number of nitrogens with two attached hydrogens (primary N) is 2. The van der Waals surface area contributed by atoms with E-state index in [0.717, 1.165) is 11.4 Å². The van der Waals surface area contributed by atoms with Crippen molar-refractivity contribution in [3.63, 3.8) is 0 Å². The highest BCUT2D eigenvalue weighted by molar-refractivity contribution is 6.00. The number of aryl methyl sites for hydroxylation is 1. The van der Waals surface area contributed by atoms with Gasteiger partial charge in [0.1, 0.15) is 0 Å². The molecule has 5 heteroatoms. The molecule has 2 aromatic carbocycles. The first-order chi connectivity index (χ1) is 9.88. The first kappa shape index (κ1) is 14.7. The molecular formula is C16H20N4O. The van der Waals surface area contributed by atoms with E-state index in [4.69, 9.17) is 11.5 Å². The molecule has 110 valence electrons. The van der Waals surface area contributed by atoms with Crippen molar-refractivity contribution in [1.29, 1.82) is 0 Å². The van der Waals surface area contributed by atoms with Crippen molar-refractivity contribution in [1.82, 2.24) is 0 Å². The van der Waals surface area contributed by atoms with Crippen LogP contribution in [-0.4, -0.2) is 20.0 Å². The Hall–Kier alpha value is -2.69. The molecule has 0 spiro atoms. The van der Waals surface area contributed by atoms with Crippen molar-refractivity contribution in [2.75, 3.05) is 30.0 Å². The zero-order valence-corrected chi connectivity index (χ0v) is 12.5. The van der Waals surface area contributed by atoms with E-state index in [1.54, 1.807) is 18.2 Å². The van der Waals surface area contributed by atoms with Gasteiger partial charge in [0.15, 0.2) is 0 Å². The largest absolute Gasteiger partial charge is 0.399 e. The lowest BCUT2D eigenvalue weighted by Crippen LogP contribution is -2.14. The van der Waals surface area contributed by atoms with E-state index in [0.29, 0.717) is 16.9 Å². The van der Waals surface area contributed by atoms with Crippen molar-refractivity contribution in [2.24, 2.45) is 5.73 Å². The lowest BCUT2D eigenvalue weighted by Gasteiger charge is -2.18. The molecule has 0 radical (unpaired) electrons. The van der Waals surface area contributed by atoms with Crippen LogP contribution in [0.25, 0.3) is 0 Å². The quantitative estimate of drug-likeness (QED) is 0.753. The zero-order chi connectivity index (χ0) is 15.6. The van der Waals surface area contributed by atoms with Crippen LogP contribution in [0.2, 0.25) is 0 Å². The van der Waals surface area contributed by atoms with Gasteiger partial charge >= 0.3 is 0 Å². The molecule has 0 aliphatic carbocycles. The van der Waals surface area contributed by atoms with E-state index >= 15 is 0 Å². The second-order valence-electron chi connectivity index (χ2n) is 5.19. The SMILES string of the molecule is Cc1ccc(Nc2cc(N)ccc2C(N)=O)cc1N(C)C. The van der Waals surface area contributed by atoms with Crippen LogP contribution in [0.15, 0.2) is 36.4 Å². The molecule has 21 heavy (non-hydrogen) atoms. The van der Waals surface area contributed by atoms with Gasteiger partial charge < -0.3 is 21.7 Å². The van der Waals surface area contributed by atoms with Crippen LogP contribution in [0.3, 0.4) is 0 Å². The van der Waals surface area contributed by atoms with Crippen LogP contribution in [-0.2, 0) is 0 Å². The van der Waals surface area contributed by atoms with Gasteiger partial charge in [-0.25, -0.2) is 0 Å². The van der Waals surface area contributed by atoms with E-state index < -0.39 is 5.91 Å². The summed E-state index contributed by atoms with van der Waals surface area (Å²) in [6, 6.07) is 11.0. The number of carbonyl (C=O) groups excluding carboxylic acids is 1. The van der Waals surface area contributed by atoms with Crippen LogP contribution in [0, 0.1) is 6.92 Å². The average Bonchev–Trinajstić information content (AvgIpc) is 2.40. The normalized spacial score (nSPS) is 10.2. The Morgan fingerprint density at radius 2 is 1.86 bits per heavy atom. The summed E-state index contributed by atoms with van der Waals surface area (Å²) in [5, 5.41) is 3.21. The zero-order valence-electron chi connectivity index (χ0n) is 12.5. The molecule has 0 bridgehead atoms. The number of rotatable bonds is 4. The van der Waals surface area contributed by atoms with Crippen LogP contribution in [0.1, 0.15) is 15.9 Å². The van der Waals surface area contributed by atoms with Crippen LogP contribution in [0.5, 0.6) is 0 Å². The molecule has 5 nitrogen and oxygen atoms in total. The minimum absolute atomic E-state index is 0.413. The van der Waals surface area contributed by atoms with Gasteiger partial charge in [-0.1, -0.05) is 6.07 Å². The predicted molar refractivity (Wildman–Crippen MR) is 88.2 cm³/mol. The second-order valence-corrected chi connectivity index (χ2v) is 5.19. The fourth-order valence-corrected chi connectivity index (χ4v) is 2.20. The third-order valence-corrected chi connectivity index (χ3v) is 3.28. The molecule has 5 N–H and O–H groups in total. The Morgan fingerprint density at radius 3 is 2.48 bits per heavy atom. The number of carbonyl (C=O) groups is 1. The monoisotopic (exact) mass is 284 g/mol. The van der Waals surface area contributed by atoms with Crippen molar-refractivity contribution < 1.29 is 4.79 Å². The number of nitrogens with zero attached hydrogens (tertiary/aromatic N) is 1. The predicted octanol–water partition coefficient (Wildman–Crippen LogP) is 2.49. The van der Waals surface area contributed by atoms with E-state index in [1.807, 2.05) is 37.2 Å². The maximum Gasteiger partial charge on any atom is 0.250 e. The summed E-state index contributed by atoms with van der Waals surface area (Å²) < 4.78 is 0. The number of hydrogen-bond acceptors (Lipinski definition) is 4. The molecule has 0 atom stereocenters. The topological polar surface area (TPSA) is 84.4 Å². The molecule has 1 amide bonds. The van der Waals surface area contributed by atoms with Crippen molar-refractivity contribution in [3.8, 4) is 0 Å². The molecular weight excluding hydrogens is 264 g/mol. The summed E-state index contributed by atoms with van der Waals surface area (Å²) in [4.78, 5) is 13.5. The van der Waals surface area contributed by atoms with E-state index in [9.17, 15) is 4.79 Å². The highest BCUT2D eigenvalue weighted by Gasteiger charge is 2.10. The van der Waals surface area contributed by atoms with Crippen LogP contribution in [0.4, 0.5) is 22.7 Å². The number of anilines is 4. The minimum atomic E-state index is -0.488. The Kier molecular flexibility index (Phi) is 4.03. The fraction of sp³-hybridized carbons (Fsp3) is 0.188. The summed E-state index contributed by atoms with van der Waals surface area (Å²) >= 11 is 0. The number of primary amides is 1. The van der Waals surface area contributed by atoms with Crippen molar-refractivity contribution in [2.45, 2.75) is 6.92 Å². The summed E-state index contributed by atoms with van der Waals surface area (Å²) in [7, 11) is 3.98. The molecule has 0 aliphatic heterocycles. The lowest BCUT2D eigenvalue weighted by atomic mass is 10.1. The van der Waals surface area contributed by atoms with Crippen LogP contribution >= 0.6 is 0 Å². The fourth-order valence-electron chi connectivity index (χ4n) is 2.20. The maximum absolute atomic E-state index is 11.5. The first-order valence-electron chi connectivity index (χ1n) is 6.63. The standard InChI is InChI=1S/C16H20N4O/c1-10-4-6-12(9-15(10)20(2)3)19-14-8-11(17)5-7-13(14)16(18)21/h4-9,19H,17H2,1-3H3,(H2,18,21). The molecule has 2 aromatic rings. The summed E-state index contributed by atoms with van der Waals surface area (Å²) in [6.45, 7) is 2.05. The molecule has 0 aromatic heterocycles. The number of amides is 1. The Labute approximate surface area is 124 Å². The van der Waals surface area contributed by atoms with Crippen molar-refractivity contribution in [3.05, 3.63) is 47.5 Å². The van der Waals surface area contributed by atoms with Gasteiger partial charge in [-0.3, -0.25) is 4.79 Å². The summed E-state index contributed by atoms with van der Waals surface area (Å²) in [5.41, 5.74) is 15.9. The third-order valence-electron chi connectivity index (χ3n) is 3.28. The summed E-state index contributed by atoms with van der Waals surface area (Å²) in [5.74, 6) is -0.488. The Bertz CT molecular complexity index is 680. The number of nitrogens with one attached hydrogen (secondary N) is 1. The molecule has 0 fully saturated rings. The van der Waals surface area contributed by atoms with E-state index in [-0.39, 0.29) is 0 Å². The van der Waals surface area contributed by atoms with Crippen molar-refractivity contribution >= 4 is 28.7 Å². The number of nitrogen functional groups attached to an aromatic ring is 1. The molecule has 0 saturated carbocycles. The molecule has 2 rings (SSSR count). The third kappa shape index (κ3) is 3.25. The Morgan fingerprint density at radius 1 is 1.14 bits per heavy atom. The van der Waals surface area contributed by atoms with Gasteiger partial charge in [-0.2, -0.15) is 0 Å². The van der Waals surface area contributed by atoms with Gasteiger partial charge in [0, 0.05) is 31.2 Å². The van der Waals surface area contributed by atoms with E-state index in [1.165, 1.54) is 5.56 Å². The average molecular weight is 284 g/mol. The number of hydrogen-bond donors (Lipinski definition) is 3. The Balaban J connectivity index is 2.40. The molecule has 0 heterocycles. The summed E-state index contributed by atoms with van der Waals surface area (Å²) in [6.07, 6.45) is 0. The minimum Gasteiger partial charge on any atom is -0.399 e. The first-order valence-corrected chi connectivity index (χ1v) is 6.63. The highest BCUT2D eigenvalue weighted by atomic mass is 16.1. The van der Waals surface area contributed by atoms with Gasteiger partial charge in [0.2, 0.25) is 0 Å². The lowest BCUT2D eigenvalue weighted by molar-refractivity contribution is 0.100. The molecule has 0 unspecified atom stereocenters. The van der Waals surface area contributed by atoms with Gasteiger partial charge in [0.25, 0.3) is 5.91 Å². The van der Waals surface area contributed by atoms with Gasteiger partial charge in [-0.15, -0.1) is 0 Å². The molecule has 0 aliphatic rings. The van der Waals surface area contributed by atoms with Gasteiger partial charge in [0.05, 0.1) is 11.3 Å². The smallest absolute Gasteiger partial charge is 0.250 e. The highest BCUT2D eigenvalue weighted by Crippen LogP contribution is 2.27. The van der Waals surface area contributed by atoms with Gasteiger partial charge in [-0.05, 0) is 42.8 Å².